The van der Waals surface area contributed by atoms with E-state index in [0.29, 0.717) is 0 Å². The quantitative estimate of drug-likeness (QED) is 0.883. The van der Waals surface area contributed by atoms with Crippen LogP contribution in [0.15, 0.2) is 36.5 Å². The molecule has 0 saturated carbocycles. The van der Waals surface area contributed by atoms with Crippen LogP contribution in [-0.4, -0.2) is 32.8 Å². The fourth-order valence-electron chi connectivity index (χ4n) is 1.95. The number of nitrogens with zero attached hydrogens (tertiary/aromatic N) is 2. The van der Waals surface area contributed by atoms with E-state index in [1.807, 2.05) is 0 Å². The van der Waals surface area contributed by atoms with E-state index < -0.39 is 23.7 Å². The van der Waals surface area contributed by atoms with Crippen molar-refractivity contribution in [2.24, 2.45) is 5.92 Å². The summed E-state index contributed by atoms with van der Waals surface area (Å²) in [6.07, 6.45) is 1.44. The number of aliphatic carboxylic acids is 1. The second kappa shape index (κ2) is 6.38. The number of aromatic nitrogens is 2. The zero-order chi connectivity index (χ0) is 16.3. The van der Waals surface area contributed by atoms with Crippen LogP contribution in [0.4, 0.5) is 4.39 Å². The second-order valence-corrected chi connectivity index (χ2v) is 5.13. The fourth-order valence-corrected chi connectivity index (χ4v) is 1.95. The van der Waals surface area contributed by atoms with Gasteiger partial charge in [-0.2, -0.15) is 5.10 Å². The van der Waals surface area contributed by atoms with Crippen LogP contribution in [0.5, 0.6) is 0 Å². The molecule has 0 aliphatic rings. The van der Waals surface area contributed by atoms with Gasteiger partial charge in [-0.1, -0.05) is 26.0 Å². The first-order valence-corrected chi connectivity index (χ1v) is 6.74. The van der Waals surface area contributed by atoms with Crippen molar-refractivity contribution in [3.63, 3.8) is 0 Å². The van der Waals surface area contributed by atoms with Gasteiger partial charge in [0.25, 0.3) is 5.91 Å². The zero-order valence-corrected chi connectivity index (χ0v) is 12.2. The number of hydrogen-bond donors (Lipinski definition) is 2. The molecule has 1 atom stereocenters. The number of benzene rings is 1. The van der Waals surface area contributed by atoms with Crippen molar-refractivity contribution in [1.29, 1.82) is 0 Å². The number of carbonyl (C=O) groups is 2. The fraction of sp³-hybridized carbons (Fsp3) is 0.267. The molecule has 0 aliphatic carbocycles. The van der Waals surface area contributed by atoms with E-state index in [4.69, 9.17) is 5.11 Å². The SMILES string of the molecule is CC(C)[C@H](NC(=O)c1ccn(-c2ccccc2F)n1)C(=O)O. The van der Waals surface area contributed by atoms with E-state index >= 15 is 0 Å². The van der Waals surface area contributed by atoms with Crippen LogP contribution in [0, 0.1) is 11.7 Å². The molecule has 0 spiro atoms. The molecule has 1 heterocycles. The Kier molecular flexibility index (Phi) is 4.55. The van der Waals surface area contributed by atoms with Gasteiger partial charge in [-0.15, -0.1) is 0 Å². The standard InChI is InChI=1S/C15H16FN3O3/c1-9(2)13(15(21)22)17-14(20)11-7-8-19(18-11)12-6-4-3-5-10(12)16/h3-9,13H,1-2H3,(H,17,20)(H,21,22)/t13-/m0/s1. The van der Waals surface area contributed by atoms with E-state index in [1.165, 1.54) is 29.1 Å². The molecular formula is C15H16FN3O3. The van der Waals surface area contributed by atoms with Crippen LogP contribution >= 0.6 is 0 Å². The van der Waals surface area contributed by atoms with Crippen LogP contribution in [0.25, 0.3) is 5.69 Å². The maximum absolute atomic E-state index is 13.7. The molecule has 0 aliphatic heterocycles. The van der Waals surface area contributed by atoms with Crippen molar-refractivity contribution in [1.82, 2.24) is 15.1 Å². The molecule has 1 aromatic heterocycles. The van der Waals surface area contributed by atoms with E-state index in [-0.39, 0.29) is 17.3 Å². The molecule has 0 bridgehead atoms. The highest BCUT2D eigenvalue weighted by atomic mass is 19.1. The number of nitrogens with one attached hydrogen (secondary N) is 1. The highest BCUT2D eigenvalue weighted by Crippen LogP contribution is 2.12. The lowest BCUT2D eigenvalue weighted by atomic mass is 10.0. The highest BCUT2D eigenvalue weighted by Gasteiger charge is 2.25. The minimum Gasteiger partial charge on any atom is -0.480 e. The Labute approximate surface area is 126 Å². The molecule has 116 valence electrons. The molecule has 0 fully saturated rings. The minimum atomic E-state index is -1.11. The van der Waals surface area contributed by atoms with E-state index in [1.54, 1.807) is 26.0 Å². The third-order valence-corrected chi connectivity index (χ3v) is 3.14. The van der Waals surface area contributed by atoms with Gasteiger partial charge < -0.3 is 10.4 Å². The van der Waals surface area contributed by atoms with Gasteiger partial charge in [-0.25, -0.2) is 13.9 Å². The van der Waals surface area contributed by atoms with Gasteiger partial charge in [0.15, 0.2) is 5.69 Å². The smallest absolute Gasteiger partial charge is 0.326 e. The summed E-state index contributed by atoms with van der Waals surface area (Å²) in [4.78, 5) is 23.1. The first-order chi connectivity index (χ1) is 10.4. The molecule has 0 unspecified atom stereocenters. The van der Waals surface area contributed by atoms with Crippen LogP contribution < -0.4 is 5.32 Å². The number of para-hydroxylation sites is 1. The second-order valence-electron chi connectivity index (χ2n) is 5.13. The van der Waals surface area contributed by atoms with Gasteiger partial charge in [-0.05, 0) is 24.1 Å². The molecule has 1 amide bonds. The molecule has 2 rings (SSSR count). The van der Waals surface area contributed by atoms with Crippen molar-refractivity contribution in [2.45, 2.75) is 19.9 Å². The van der Waals surface area contributed by atoms with E-state index in [0.717, 1.165) is 0 Å². The maximum Gasteiger partial charge on any atom is 0.326 e. The highest BCUT2D eigenvalue weighted by molar-refractivity contribution is 5.95. The first-order valence-electron chi connectivity index (χ1n) is 6.74. The summed E-state index contributed by atoms with van der Waals surface area (Å²) < 4.78 is 14.9. The number of halogens is 1. The number of carboxylic acid groups (broad SMARTS) is 1. The summed E-state index contributed by atoms with van der Waals surface area (Å²) in [6, 6.07) is 6.41. The molecule has 6 nitrogen and oxygen atoms in total. The van der Waals surface area contributed by atoms with Gasteiger partial charge in [0, 0.05) is 6.20 Å². The lowest BCUT2D eigenvalue weighted by molar-refractivity contribution is -0.140. The first kappa shape index (κ1) is 15.7. The summed E-state index contributed by atoms with van der Waals surface area (Å²) >= 11 is 0. The predicted octanol–water partition coefficient (Wildman–Crippen LogP) is 1.85. The van der Waals surface area contributed by atoms with Gasteiger partial charge in [0.1, 0.15) is 17.5 Å². The third-order valence-electron chi connectivity index (χ3n) is 3.14. The number of hydrogen-bond acceptors (Lipinski definition) is 3. The molecule has 7 heteroatoms. The van der Waals surface area contributed by atoms with Crippen LogP contribution in [-0.2, 0) is 4.79 Å². The van der Waals surface area contributed by atoms with Crippen LogP contribution in [0.1, 0.15) is 24.3 Å². The Balaban J connectivity index is 2.19. The van der Waals surface area contributed by atoms with Gasteiger partial charge in [0.2, 0.25) is 0 Å². The Bertz CT molecular complexity index is 697. The number of carboxylic acids is 1. The van der Waals surface area contributed by atoms with Crippen molar-refractivity contribution in [2.75, 3.05) is 0 Å². The Morgan fingerprint density at radius 3 is 2.55 bits per heavy atom. The molecule has 0 saturated heterocycles. The summed E-state index contributed by atoms with van der Waals surface area (Å²) in [6.45, 7) is 3.38. The van der Waals surface area contributed by atoms with Gasteiger partial charge in [-0.3, -0.25) is 4.79 Å². The normalized spacial score (nSPS) is 12.2. The average Bonchev–Trinajstić information content (AvgIpc) is 2.94. The Morgan fingerprint density at radius 1 is 1.27 bits per heavy atom. The average molecular weight is 305 g/mol. The number of rotatable bonds is 5. The largest absolute Gasteiger partial charge is 0.480 e. The maximum atomic E-state index is 13.7. The Hall–Kier alpha value is -2.70. The molecule has 2 N–H and O–H groups in total. The number of amides is 1. The lowest BCUT2D eigenvalue weighted by Crippen LogP contribution is -2.44. The summed E-state index contributed by atoms with van der Waals surface area (Å²) in [5, 5.41) is 15.5. The Morgan fingerprint density at radius 2 is 1.95 bits per heavy atom. The van der Waals surface area contributed by atoms with E-state index in [9.17, 15) is 14.0 Å². The monoisotopic (exact) mass is 305 g/mol. The van der Waals surface area contributed by atoms with E-state index in [2.05, 4.69) is 10.4 Å². The summed E-state index contributed by atoms with van der Waals surface area (Å²) in [5.74, 6) is -2.47. The summed E-state index contributed by atoms with van der Waals surface area (Å²) in [5.41, 5.74) is 0.232. The van der Waals surface area contributed by atoms with Crippen molar-refractivity contribution >= 4 is 11.9 Å². The predicted molar refractivity (Wildman–Crippen MR) is 77.3 cm³/mol. The van der Waals surface area contributed by atoms with Crippen LogP contribution in [0.3, 0.4) is 0 Å². The topological polar surface area (TPSA) is 84.2 Å². The van der Waals surface area contributed by atoms with Crippen molar-refractivity contribution in [3.8, 4) is 5.69 Å². The van der Waals surface area contributed by atoms with Gasteiger partial charge >= 0.3 is 5.97 Å². The van der Waals surface area contributed by atoms with Gasteiger partial charge in [0.05, 0.1) is 0 Å². The summed E-state index contributed by atoms with van der Waals surface area (Å²) in [7, 11) is 0. The number of carbonyl (C=O) groups excluding carboxylic acids is 1. The van der Waals surface area contributed by atoms with Crippen molar-refractivity contribution < 1.29 is 19.1 Å². The zero-order valence-electron chi connectivity index (χ0n) is 12.2. The molecule has 22 heavy (non-hydrogen) atoms. The van der Waals surface area contributed by atoms with Crippen LogP contribution in [0.2, 0.25) is 0 Å². The third kappa shape index (κ3) is 3.30. The minimum absolute atomic E-state index is 0.0233. The molecular weight excluding hydrogens is 289 g/mol. The molecule has 1 aromatic carbocycles. The molecule has 2 aromatic rings. The molecule has 0 radical (unpaired) electrons. The lowest BCUT2D eigenvalue weighted by Gasteiger charge is -2.16. The van der Waals surface area contributed by atoms with Crippen molar-refractivity contribution in [3.05, 3.63) is 48.0 Å².